The number of hydrogen-bond donors (Lipinski definition) is 0. The molecule has 0 radical (unpaired) electrons. The van der Waals surface area contributed by atoms with Crippen LogP contribution in [0.5, 0.6) is 0 Å². The fraction of sp³-hybridized carbons (Fsp3) is 0.385. The second-order valence-corrected chi connectivity index (χ2v) is 8.96. The standard InChI is InChI=1S/C13H14BrN3O2S2/c14-10-1-5-12(6-2-10)21(18,19)8-7-20-13-16-15-9-17(13)11-3-4-11/h1-2,5-6,9,11H,3-4,7-8H2. The molecule has 0 spiro atoms. The maximum absolute atomic E-state index is 12.2. The quantitative estimate of drug-likeness (QED) is 0.712. The summed E-state index contributed by atoms with van der Waals surface area (Å²) in [7, 11) is -3.25. The molecule has 3 rings (SSSR count). The van der Waals surface area contributed by atoms with E-state index in [4.69, 9.17) is 0 Å². The van der Waals surface area contributed by atoms with Crippen LogP contribution < -0.4 is 0 Å². The molecule has 112 valence electrons. The van der Waals surface area contributed by atoms with E-state index >= 15 is 0 Å². The lowest BCUT2D eigenvalue weighted by Gasteiger charge is -2.06. The van der Waals surface area contributed by atoms with Crippen molar-refractivity contribution >= 4 is 37.5 Å². The lowest BCUT2D eigenvalue weighted by atomic mass is 10.4. The first-order valence-corrected chi connectivity index (χ1v) is 10.00. The van der Waals surface area contributed by atoms with Crippen LogP contribution >= 0.6 is 27.7 Å². The summed E-state index contributed by atoms with van der Waals surface area (Å²) in [6, 6.07) is 7.23. The summed E-state index contributed by atoms with van der Waals surface area (Å²) in [6.07, 6.45) is 4.04. The first kappa shape index (κ1) is 15.1. The van der Waals surface area contributed by atoms with E-state index in [0.717, 1.165) is 22.5 Å². The Hall–Kier alpha value is -0.860. The van der Waals surface area contributed by atoms with E-state index in [0.29, 0.717) is 16.7 Å². The Balaban J connectivity index is 1.61. The maximum atomic E-state index is 12.2. The lowest BCUT2D eigenvalue weighted by molar-refractivity contribution is 0.597. The molecule has 21 heavy (non-hydrogen) atoms. The van der Waals surface area contributed by atoms with E-state index in [9.17, 15) is 8.42 Å². The van der Waals surface area contributed by atoms with Crippen molar-refractivity contribution in [1.29, 1.82) is 0 Å². The molecule has 8 heteroatoms. The molecule has 1 heterocycles. The highest BCUT2D eigenvalue weighted by Crippen LogP contribution is 2.37. The third-order valence-corrected chi connectivity index (χ3v) is 6.71. The van der Waals surface area contributed by atoms with Crippen molar-refractivity contribution in [2.24, 2.45) is 0 Å². The van der Waals surface area contributed by atoms with E-state index in [1.807, 2.05) is 4.57 Å². The van der Waals surface area contributed by atoms with Crippen LogP contribution in [-0.2, 0) is 9.84 Å². The Morgan fingerprint density at radius 1 is 1.29 bits per heavy atom. The van der Waals surface area contributed by atoms with Gasteiger partial charge in [-0.3, -0.25) is 0 Å². The van der Waals surface area contributed by atoms with Crippen molar-refractivity contribution in [3.63, 3.8) is 0 Å². The van der Waals surface area contributed by atoms with Gasteiger partial charge in [-0.2, -0.15) is 0 Å². The number of benzene rings is 1. The average molecular weight is 388 g/mol. The molecule has 1 saturated carbocycles. The van der Waals surface area contributed by atoms with Crippen LogP contribution in [0.15, 0.2) is 45.1 Å². The molecular formula is C13H14BrN3O2S2. The van der Waals surface area contributed by atoms with Crippen LogP contribution in [0.1, 0.15) is 18.9 Å². The number of halogens is 1. The van der Waals surface area contributed by atoms with Crippen molar-refractivity contribution in [3.8, 4) is 0 Å². The minimum absolute atomic E-state index is 0.0941. The number of rotatable bonds is 6. The number of nitrogens with zero attached hydrogens (tertiary/aromatic N) is 3. The molecule has 0 unspecified atom stereocenters. The third-order valence-electron chi connectivity index (χ3n) is 3.24. The number of thioether (sulfide) groups is 1. The monoisotopic (exact) mass is 387 g/mol. The van der Waals surface area contributed by atoms with Gasteiger partial charge in [0.1, 0.15) is 6.33 Å². The van der Waals surface area contributed by atoms with Crippen LogP contribution in [0.25, 0.3) is 0 Å². The van der Waals surface area contributed by atoms with E-state index in [2.05, 4.69) is 26.1 Å². The fourth-order valence-electron chi connectivity index (χ4n) is 1.94. The van der Waals surface area contributed by atoms with Gasteiger partial charge in [0.15, 0.2) is 15.0 Å². The van der Waals surface area contributed by atoms with Crippen LogP contribution in [0.4, 0.5) is 0 Å². The summed E-state index contributed by atoms with van der Waals surface area (Å²) in [5.41, 5.74) is 0. The Labute approximate surface area is 136 Å². The Morgan fingerprint density at radius 2 is 2.00 bits per heavy atom. The van der Waals surface area contributed by atoms with Gasteiger partial charge < -0.3 is 4.57 Å². The van der Waals surface area contributed by atoms with Gasteiger partial charge in [-0.05, 0) is 37.1 Å². The number of aromatic nitrogens is 3. The molecule has 1 aromatic heterocycles. The van der Waals surface area contributed by atoms with Crippen molar-refractivity contribution < 1.29 is 8.42 Å². The predicted molar refractivity (Wildman–Crippen MR) is 85.2 cm³/mol. The molecule has 1 aliphatic rings. The van der Waals surface area contributed by atoms with Crippen molar-refractivity contribution in [1.82, 2.24) is 14.8 Å². The van der Waals surface area contributed by atoms with E-state index in [1.165, 1.54) is 11.8 Å². The zero-order chi connectivity index (χ0) is 14.9. The van der Waals surface area contributed by atoms with Gasteiger partial charge in [0.25, 0.3) is 0 Å². The second kappa shape index (κ2) is 6.10. The molecule has 1 aliphatic carbocycles. The summed E-state index contributed by atoms with van der Waals surface area (Å²) in [5.74, 6) is 0.570. The Bertz CT molecular complexity index is 724. The smallest absolute Gasteiger partial charge is 0.191 e. The second-order valence-electron chi connectivity index (χ2n) is 4.87. The molecule has 5 nitrogen and oxygen atoms in total. The SMILES string of the molecule is O=S(=O)(CCSc1nncn1C1CC1)c1ccc(Br)cc1. The summed E-state index contributed by atoms with van der Waals surface area (Å²) in [4.78, 5) is 0.356. The van der Waals surface area contributed by atoms with E-state index in [1.54, 1.807) is 30.6 Å². The summed E-state index contributed by atoms with van der Waals surface area (Å²) in [5, 5.41) is 8.77. The topological polar surface area (TPSA) is 64.8 Å². The fourth-order valence-corrected chi connectivity index (χ4v) is 4.84. The maximum Gasteiger partial charge on any atom is 0.191 e. The van der Waals surface area contributed by atoms with Crippen LogP contribution in [0, 0.1) is 0 Å². The van der Waals surface area contributed by atoms with Gasteiger partial charge in [0, 0.05) is 16.3 Å². The first-order valence-electron chi connectivity index (χ1n) is 6.57. The highest BCUT2D eigenvalue weighted by Gasteiger charge is 2.26. The average Bonchev–Trinajstić information content (AvgIpc) is 3.19. The zero-order valence-corrected chi connectivity index (χ0v) is 14.4. The normalized spacial score (nSPS) is 15.3. The molecule has 0 amide bonds. The van der Waals surface area contributed by atoms with Crippen LogP contribution in [0.2, 0.25) is 0 Å². The predicted octanol–water partition coefficient (Wildman–Crippen LogP) is 2.94. The van der Waals surface area contributed by atoms with Gasteiger partial charge in [-0.1, -0.05) is 27.7 Å². The molecule has 0 bridgehead atoms. The minimum Gasteiger partial charge on any atom is -0.306 e. The third kappa shape index (κ3) is 3.67. The van der Waals surface area contributed by atoms with Gasteiger partial charge >= 0.3 is 0 Å². The van der Waals surface area contributed by atoms with Crippen molar-refractivity contribution in [3.05, 3.63) is 35.1 Å². The van der Waals surface area contributed by atoms with Crippen molar-refractivity contribution in [2.45, 2.75) is 28.9 Å². The highest BCUT2D eigenvalue weighted by molar-refractivity contribution is 9.10. The van der Waals surface area contributed by atoms with Gasteiger partial charge in [-0.15, -0.1) is 10.2 Å². The Kier molecular flexibility index (Phi) is 4.37. The van der Waals surface area contributed by atoms with E-state index in [-0.39, 0.29) is 5.75 Å². The number of sulfone groups is 1. The molecule has 1 aromatic carbocycles. The highest BCUT2D eigenvalue weighted by atomic mass is 79.9. The van der Waals surface area contributed by atoms with Gasteiger partial charge in [0.2, 0.25) is 0 Å². The summed E-state index contributed by atoms with van der Waals surface area (Å²) < 4.78 is 27.4. The molecule has 2 aromatic rings. The van der Waals surface area contributed by atoms with Crippen LogP contribution in [0.3, 0.4) is 0 Å². The molecule has 1 fully saturated rings. The van der Waals surface area contributed by atoms with Gasteiger partial charge in [-0.25, -0.2) is 8.42 Å². The first-order chi connectivity index (χ1) is 10.1. The molecule has 0 aliphatic heterocycles. The molecule has 0 atom stereocenters. The molecule has 0 N–H and O–H groups in total. The zero-order valence-electron chi connectivity index (χ0n) is 11.1. The minimum atomic E-state index is -3.25. The Morgan fingerprint density at radius 3 is 2.67 bits per heavy atom. The van der Waals surface area contributed by atoms with Gasteiger partial charge in [0.05, 0.1) is 10.6 Å². The largest absolute Gasteiger partial charge is 0.306 e. The van der Waals surface area contributed by atoms with E-state index < -0.39 is 9.84 Å². The summed E-state index contributed by atoms with van der Waals surface area (Å²) >= 11 is 4.75. The van der Waals surface area contributed by atoms with Crippen LogP contribution in [-0.4, -0.2) is 34.7 Å². The molecule has 0 saturated heterocycles. The van der Waals surface area contributed by atoms with Crippen molar-refractivity contribution in [2.75, 3.05) is 11.5 Å². The lowest BCUT2D eigenvalue weighted by Crippen LogP contribution is -2.09. The number of hydrogen-bond acceptors (Lipinski definition) is 5. The molecular weight excluding hydrogens is 374 g/mol. The summed E-state index contributed by atoms with van der Waals surface area (Å²) in [6.45, 7) is 0.